The molecular weight excluding hydrogens is 258 g/mol. The van der Waals surface area contributed by atoms with Crippen molar-refractivity contribution in [1.29, 1.82) is 0 Å². The molecule has 0 aliphatic rings. The molecule has 0 aliphatic heterocycles. The Labute approximate surface area is 86.9 Å². The Hall–Kier alpha value is -0.740. The standard InChI is InChI=1S/C8H3BrClFN2/c9-5-1-2-6-4(7(5)11)3-12-8(10)13-6/h1-3H. The van der Waals surface area contributed by atoms with E-state index >= 15 is 0 Å². The second kappa shape index (κ2) is 3.20. The molecule has 0 aliphatic carbocycles. The molecule has 0 N–H and O–H groups in total. The fourth-order valence-corrected chi connectivity index (χ4v) is 1.51. The van der Waals surface area contributed by atoms with Crippen LogP contribution in [0.5, 0.6) is 0 Å². The van der Waals surface area contributed by atoms with Crippen LogP contribution in [0.1, 0.15) is 0 Å². The highest BCUT2D eigenvalue weighted by Gasteiger charge is 2.06. The number of aromatic nitrogens is 2. The van der Waals surface area contributed by atoms with Gasteiger partial charge in [-0.25, -0.2) is 14.4 Å². The summed E-state index contributed by atoms with van der Waals surface area (Å²) in [6.07, 6.45) is 1.37. The molecule has 0 fully saturated rings. The van der Waals surface area contributed by atoms with E-state index in [4.69, 9.17) is 11.6 Å². The minimum Gasteiger partial charge on any atom is -0.226 e. The van der Waals surface area contributed by atoms with Crippen molar-refractivity contribution in [2.24, 2.45) is 0 Å². The molecule has 1 aromatic heterocycles. The monoisotopic (exact) mass is 260 g/mol. The molecule has 0 atom stereocenters. The third kappa shape index (κ3) is 1.51. The van der Waals surface area contributed by atoms with E-state index in [2.05, 4.69) is 25.9 Å². The summed E-state index contributed by atoms with van der Waals surface area (Å²) < 4.78 is 13.8. The van der Waals surface area contributed by atoms with Gasteiger partial charge in [0.05, 0.1) is 15.4 Å². The highest BCUT2D eigenvalue weighted by Crippen LogP contribution is 2.23. The van der Waals surface area contributed by atoms with Gasteiger partial charge in [-0.15, -0.1) is 0 Å². The largest absolute Gasteiger partial charge is 0.226 e. The summed E-state index contributed by atoms with van der Waals surface area (Å²) in [5.74, 6) is -0.367. The first-order chi connectivity index (χ1) is 6.18. The van der Waals surface area contributed by atoms with Crippen molar-refractivity contribution >= 4 is 38.4 Å². The predicted octanol–water partition coefficient (Wildman–Crippen LogP) is 3.18. The van der Waals surface area contributed by atoms with E-state index < -0.39 is 0 Å². The molecular formula is C8H3BrClFN2. The number of nitrogens with zero attached hydrogens (tertiary/aromatic N) is 2. The normalized spacial score (nSPS) is 10.7. The summed E-state index contributed by atoms with van der Waals surface area (Å²) in [4.78, 5) is 7.57. The summed E-state index contributed by atoms with van der Waals surface area (Å²) in [6.45, 7) is 0. The lowest BCUT2D eigenvalue weighted by atomic mass is 10.2. The summed E-state index contributed by atoms with van der Waals surface area (Å²) in [6, 6.07) is 3.26. The van der Waals surface area contributed by atoms with Gasteiger partial charge >= 0.3 is 0 Å². The fourth-order valence-electron chi connectivity index (χ4n) is 1.02. The van der Waals surface area contributed by atoms with Crippen molar-refractivity contribution < 1.29 is 4.39 Å². The van der Waals surface area contributed by atoms with Gasteiger partial charge in [0.1, 0.15) is 5.82 Å². The van der Waals surface area contributed by atoms with Crippen LogP contribution >= 0.6 is 27.5 Å². The molecule has 2 aromatic rings. The molecule has 0 bridgehead atoms. The molecule has 2 rings (SSSR count). The van der Waals surface area contributed by atoms with Gasteiger partial charge in [-0.2, -0.15) is 0 Å². The summed E-state index contributed by atoms with van der Waals surface area (Å²) >= 11 is 8.63. The van der Waals surface area contributed by atoms with Gasteiger partial charge in [0.25, 0.3) is 0 Å². The molecule has 0 saturated heterocycles. The zero-order chi connectivity index (χ0) is 9.42. The Morgan fingerprint density at radius 2 is 2.15 bits per heavy atom. The average molecular weight is 261 g/mol. The van der Waals surface area contributed by atoms with Gasteiger partial charge in [0, 0.05) is 6.20 Å². The lowest BCUT2D eigenvalue weighted by Gasteiger charge is -1.99. The molecule has 1 heterocycles. The third-order valence-electron chi connectivity index (χ3n) is 1.62. The quantitative estimate of drug-likeness (QED) is 0.681. The molecule has 0 saturated carbocycles. The van der Waals surface area contributed by atoms with E-state index in [-0.39, 0.29) is 11.1 Å². The summed E-state index contributed by atoms with van der Waals surface area (Å²) in [5.41, 5.74) is 0.501. The van der Waals surface area contributed by atoms with E-state index in [1.807, 2.05) is 0 Å². The van der Waals surface area contributed by atoms with Gasteiger partial charge in [-0.3, -0.25) is 0 Å². The predicted molar refractivity (Wildman–Crippen MR) is 52.2 cm³/mol. The van der Waals surface area contributed by atoms with Gasteiger partial charge in [0.2, 0.25) is 5.28 Å². The smallest absolute Gasteiger partial charge is 0.222 e. The lowest BCUT2D eigenvalue weighted by molar-refractivity contribution is 0.632. The fraction of sp³-hybridized carbons (Fsp3) is 0. The zero-order valence-corrected chi connectivity index (χ0v) is 8.60. The second-order valence-electron chi connectivity index (χ2n) is 2.43. The molecule has 2 nitrogen and oxygen atoms in total. The van der Waals surface area contributed by atoms with Gasteiger partial charge in [0.15, 0.2) is 0 Å². The first-order valence-corrected chi connectivity index (χ1v) is 4.62. The molecule has 1 aromatic carbocycles. The number of fused-ring (bicyclic) bond motifs is 1. The van der Waals surface area contributed by atoms with Crippen molar-refractivity contribution in [2.45, 2.75) is 0 Å². The van der Waals surface area contributed by atoms with Crippen LogP contribution in [0.25, 0.3) is 10.9 Å². The Morgan fingerprint density at radius 1 is 1.38 bits per heavy atom. The molecule has 0 radical (unpaired) electrons. The number of benzene rings is 1. The Kier molecular flexibility index (Phi) is 2.17. The maximum atomic E-state index is 13.4. The molecule has 5 heteroatoms. The van der Waals surface area contributed by atoms with Gasteiger partial charge < -0.3 is 0 Å². The number of rotatable bonds is 0. The van der Waals surface area contributed by atoms with Crippen molar-refractivity contribution in [1.82, 2.24) is 9.97 Å². The van der Waals surface area contributed by atoms with Crippen molar-refractivity contribution in [3.63, 3.8) is 0 Å². The van der Waals surface area contributed by atoms with Crippen LogP contribution < -0.4 is 0 Å². The number of halogens is 3. The molecule has 13 heavy (non-hydrogen) atoms. The zero-order valence-electron chi connectivity index (χ0n) is 6.26. The Balaban J connectivity index is 2.87. The van der Waals surface area contributed by atoms with Crippen LogP contribution in [0.15, 0.2) is 22.8 Å². The van der Waals surface area contributed by atoms with E-state index in [0.717, 1.165) is 0 Å². The van der Waals surface area contributed by atoms with Crippen molar-refractivity contribution in [2.75, 3.05) is 0 Å². The summed E-state index contributed by atoms with van der Waals surface area (Å²) in [5, 5.41) is 0.480. The van der Waals surface area contributed by atoms with E-state index in [1.54, 1.807) is 12.1 Å². The van der Waals surface area contributed by atoms with E-state index in [9.17, 15) is 4.39 Å². The molecule has 66 valence electrons. The summed E-state index contributed by atoms with van der Waals surface area (Å²) in [7, 11) is 0. The first kappa shape index (κ1) is 8.84. The van der Waals surface area contributed by atoms with Crippen LogP contribution in [-0.4, -0.2) is 9.97 Å². The lowest BCUT2D eigenvalue weighted by Crippen LogP contribution is -1.87. The van der Waals surface area contributed by atoms with E-state index in [0.29, 0.717) is 15.4 Å². The highest BCUT2D eigenvalue weighted by molar-refractivity contribution is 9.10. The highest BCUT2D eigenvalue weighted by atomic mass is 79.9. The Bertz CT molecular complexity index is 475. The number of hydrogen-bond acceptors (Lipinski definition) is 2. The van der Waals surface area contributed by atoms with E-state index in [1.165, 1.54) is 6.20 Å². The number of hydrogen-bond donors (Lipinski definition) is 0. The maximum absolute atomic E-state index is 13.4. The molecule has 0 unspecified atom stereocenters. The van der Waals surface area contributed by atoms with Crippen LogP contribution in [0.2, 0.25) is 5.28 Å². The Morgan fingerprint density at radius 3 is 2.92 bits per heavy atom. The average Bonchev–Trinajstić information content (AvgIpc) is 2.12. The first-order valence-electron chi connectivity index (χ1n) is 3.45. The molecule has 0 spiro atoms. The SMILES string of the molecule is Fc1c(Br)ccc2nc(Cl)ncc12. The molecule has 0 amide bonds. The maximum Gasteiger partial charge on any atom is 0.222 e. The van der Waals surface area contributed by atoms with Gasteiger partial charge in [-0.05, 0) is 39.7 Å². The van der Waals surface area contributed by atoms with Crippen LogP contribution in [0.4, 0.5) is 4.39 Å². The van der Waals surface area contributed by atoms with Crippen molar-refractivity contribution in [3.8, 4) is 0 Å². The van der Waals surface area contributed by atoms with Crippen LogP contribution in [0.3, 0.4) is 0 Å². The topological polar surface area (TPSA) is 25.8 Å². The van der Waals surface area contributed by atoms with Crippen LogP contribution in [-0.2, 0) is 0 Å². The minimum atomic E-state index is -0.367. The van der Waals surface area contributed by atoms with Crippen molar-refractivity contribution in [3.05, 3.63) is 33.9 Å². The van der Waals surface area contributed by atoms with Gasteiger partial charge in [-0.1, -0.05) is 0 Å². The third-order valence-corrected chi connectivity index (χ3v) is 2.42. The second-order valence-corrected chi connectivity index (χ2v) is 3.63. The van der Waals surface area contributed by atoms with Crippen LogP contribution in [0, 0.1) is 5.82 Å². The minimum absolute atomic E-state index is 0.120.